The van der Waals surface area contributed by atoms with Gasteiger partial charge >= 0.3 is 0 Å². The lowest BCUT2D eigenvalue weighted by Crippen LogP contribution is -2.37. The summed E-state index contributed by atoms with van der Waals surface area (Å²) in [5.74, 6) is 0.907. The molecule has 2 aromatic rings. The molecule has 0 unspecified atom stereocenters. The van der Waals surface area contributed by atoms with Crippen molar-refractivity contribution in [3.63, 3.8) is 0 Å². The molecule has 0 bridgehead atoms. The van der Waals surface area contributed by atoms with Gasteiger partial charge in [-0.3, -0.25) is 9.59 Å². The van der Waals surface area contributed by atoms with E-state index in [1.165, 1.54) is 0 Å². The van der Waals surface area contributed by atoms with Gasteiger partial charge in [0, 0.05) is 58.0 Å². The minimum absolute atomic E-state index is 0.0337. The normalized spacial score (nSPS) is 20.9. The molecule has 2 aromatic carbocycles. The second-order valence-corrected chi connectivity index (χ2v) is 13.0. The summed E-state index contributed by atoms with van der Waals surface area (Å²) in [6, 6.07) is 10.8. The molecular weight excluding hydrogens is 531 g/mol. The smallest absolute Gasteiger partial charge is 0.163 e. The van der Waals surface area contributed by atoms with Crippen LogP contribution in [0.25, 0.3) is 0 Å². The third kappa shape index (κ3) is 5.08. The van der Waals surface area contributed by atoms with Crippen LogP contribution in [-0.4, -0.2) is 11.6 Å². The topological polar surface area (TPSA) is 52.6 Å². The third-order valence-corrected chi connectivity index (χ3v) is 8.13. The highest BCUT2D eigenvalue weighted by Crippen LogP contribution is 2.55. The summed E-state index contributed by atoms with van der Waals surface area (Å²) < 4.78 is 12.7. The number of hydrogen-bond donors (Lipinski definition) is 0. The maximum absolute atomic E-state index is 13.6. The fourth-order valence-electron chi connectivity index (χ4n) is 5.70. The van der Waals surface area contributed by atoms with E-state index in [0.29, 0.717) is 74.7 Å². The number of benzene rings is 2. The standard InChI is InChI=1S/C30H29Cl3O4/c1-29(2)11-21(34)26-23(13-29)37-24-14-30(3,4)12-22(35)27(24)25(26)18-9-17(31)10-20(33)28(18)36-15-16-7-5-6-8-19(16)32/h5-10,25H,11-15H2,1-4H3. The van der Waals surface area contributed by atoms with Crippen LogP contribution >= 0.6 is 34.8 Å². The number of ether oxygens (including phenoxy) is 2. The maximum Gasteiger partial charge on any atom is 0.163 e. The summed E-state index contributed by atoms with van der Waals surface area (Å²) in [5.41, 5.74) is 1.90. The van der Waals surface area contributed by atoms with Crippen molar-refractivity contribution in [1.82, 2.24) is 0 Å². The first-order valence-electron chi connectivity index (χ1n) is 12.4. The van der Waals surface area contributed by atoms with Crippen molar-refractivity contribution in [1.29, 1.82) is 0 Å². The molecule has 0 amide bonds. The molecule has 7 heteroatoms. The van der Waals surface area contributed by atoms with Crippen LogP contribution < -0.4 is 4.74 Å². The Kier molecular flexibility index (Phi) is 6.75. The fraction of sp³-hybridized carbons (Fsp3) is 0.400. The van der Waals surface area contributed by atoms with Gasteiger partial charge in [-0.25, -0.2) is 0 Å². The molecule has 5 rings (SSSR count). The predicted octanol–water partition coefficient (Wildman–Crippen LogP) is 8.63. The van der Waals surface area contributed by atoms with Crippen LogP contribution in [0.15, 0.2) is 59.1 Å². The number of allylic oxidation sites excluding steroid dienone is 4. The van der Waals surface area contributed by atoms with Crippen LogP contribution in [0, 0.1) is 10.8 Å². The zero-order valence-corrected chi connectivity index (χ0v) is 23.6. The summed E-state index contributed by atoms with van der Waals surface area (Å²) in [4.78, 5) is 27.3. The number of halogens is 3. The number of hydrogen-bond acceptors (Lipinski definition) is 4. The molecule has 0 aromatic heterocycles. The van der Waals surface area contributed by atoms with Gasteiger partial charge in [0.1, 0.15) is 23.9 Å². The number of carbonyl (C=O) groups is 2. The number of Topliss-reactive ketones (excluding diaryl/α,β-unsaturated/α-hetero) is 2. The van der Waals surface area contributed by atoms with Gasteiger partial charge in [-0.05, 0) is 29.0 Å². The van der Waals surface area contributed by atoms with Crippen molar-refractivity contribution in [2.45, 2.75) is 65.9 Å². The number of carbonyl (C=O) groups excluding carboxylic acids is 2. The molecule has 1 aliphatic heterocycles. The summed E-state index contributed by atoms with van der Waals surface area (Å²) in [5, 5.41) is 1.27. The van der Waals surface area contributed by atoms with E-state index in [9.17, 15) is 9.59 Å². The van der Waals surface area contributed by atoms with Gasteiger partial charge in [0.2, 0.25) is 0 Å². The largest absolute Gasteiger partial charge is 0.487 e. The number of rotatable bonds is 4. The predicted molar refractivity (Wildman–Crippen MR) is 146 cm³/mol. The molecular formula is C30H29Cl3O4. The Morgan fingerprint density at radius 3 is 1.97 bits per heavy atom. The van der Waals surface area contributed by atoms with E-state index in [2.05, 4.69) is 27.7 Å². The second-order valence-electron chi connectivity index (χ2n) is 11.8. The first kappa shape index (κ1) is 26.3. The molecule has 37 heavy (non-hydrogen) atoms. The summed E-state index contributed by atoms with van der Waals surface area (Å²) in [6.45, 7) is 8.39. The van der Waals surface area contributed by atoms with Crippen molar-refractivity contribution in [3.8, 4) is 5.75 Å². The van der Waals surface area contributed by atoms with Gasteiger partial charge < -0.3 is 9.47 Å². The molecule has 3 aliphatic rings. The van der Waals surface area contributed by atoms with E-state index < -0.39 is 5.92 Å². The second kappa shape index (κ2) is 9.48. The Hall–Kier alpha value is -2.27. The van der Waals surface area contributed by atoms with Crippen molar-refractivity contribution < 1.29 is 19.1 Å². The lowest BCUT2D eigenvalue weighted by atomic mass is 9.65. The lowest BCUT2D eigenvalue weighted by molar-refractivity contribution is -0.120. The molecule has 0 fully saturated rings. The maximum atomic E-state index is 13.6. The van der Waals surface area contributed by atoms with E-state index >= 15 is 0 Å². The van der Waals surface area contributed by atoms with E-state index in [1.807, 2.05) is 18.2 Å². The third-order valence-electron chi connectivity index (χ3n) is 7.26. The summed E-state index contributed by atoms with van der Waals surface area (Å²) >= 11 is 19.6. The Morgan fingerprint density at radius 2 is 1.41 bits per heavy atom. The molecule has 194 valence electrons. The van der Waals surface area contributed by atoms with Gasteiger partial charge in [-0.1, -0.05) is 80.7 Å². The van der Waals surface area contributed by atoms with Crippen molar-refractivity contribution >= 4 is 46.4 Å². The summed E-state index contributed by atoms with van der Waals surface area (Å²) in [7, 11) is 0. The molecule has 1 heterocycles. The molecule has 0 radical (unpaired) electrons. The van der Waals surface area contributed by atoms with Gasteiger partial charge in [0.05, 0.1) is 10.9 Å². The first-order chi connectivity index (χ1) is 17.3. The molecule has 2 aliphatic carbocycles. The van der Waals surface area contributed by atoms with E-state index in [-0.39, 0.29) is 29.0 Å². The Bertz CT molecular complexity index is 1330. The molecule has 0 saturated carbocycles. The first-order valence-corrected chi connectivity index (χ1v) is 13.5. The van der Waals surface area contributed by atoms with Crippen LogP contribution in [-0.2, 0) is 20.9 Å². The molecule has 4 nitrogen and oxygen atoms in total. The molecule has 0 atom stereocenters. The SMILES string of the molecule is CC1(C)CC(=O)C2=C(C1)OC1=C(C(=O)CC(C)(C)C1)C2c1cc(Cl)cc(Cl)c1OCc1ccccc1Cl. The minimum Gasteiger partial charge on any atom is -0.487 e. The molecule has 0 saturated heterocycles. The monoisotopic (exact) mass is 558 g/mol. The minimum atomic E-state index is -0.664. The van der Waals surface area contributed by atoms with E-state index in [4.69, 9.17) is 44.3 Å². The van der Waals surface area contributed by atoms with E-state index in [1.54, 1.807) is 18.2 Å². The van der Waals surface area contributed by atoms with Crippen LogP contribution in [0.4, 0.5) is 0 Å². The van der Waals surface area contributed by atoms with Crippen molar-refractivity contribution in [3.05, 3.63) is 85.3 Å². The van der Waals surface area contributed by atoms with Crippen molar-refractivity contribution in [2.24, 2.45) is 10.8 Å². The van der Waals surface area contributed by atoms with Gasteiger partial charge in [0.25, 0.3) is 0 Å². The highest BCUT2D eigenvalue weighted by molar-refractivity contribution is 6.35. The number of ketones is 2. The summed E-state index contributed by atoms with van der Waals surface area (Å²) in [6.07, 6.45) is 1.91. The Balaban J connectivity index is 1.69. The zero-order valence-electron chi connectivity index (χ0n) is 21.3. The average molecular weight is 560 g/mol. The molecule has 0 N–H and O–H groups in total. The average Bonchev–Trinajstić information content (AvgIpc) is 2.76. The molecule has 0 spiro atoms. The zero-order chi connectivity index (χ0) is 26.7. The van der Waals surface area contributed by atoms with Crippen molar-refractivity contribution in [2.75, 3.05) is 0 Å². The van der Waals surface area contributed by atoms with Gasteiger partial charge in [-0.15, -0.1) is 0 Å². The Morgan fingerprint density at radius 1 is 0.838 bits per heavy atom. The van der Waals surface area contributed by atoms with Crippen LogP contribution in [0.2, 0.25) is 15.1 Å². The van der Waals surface area contributed by atoms with Gasteiger partial charge in [0.15, 0.2) is 11.6 Å². The fourth-order valence-corrected chi connectivity index (χ4v) is 6.45. The highest BCUT2D eigenvalue weighted by Gasteiger charge is 2.48. The van der Waals surface area contributed by atoms with Crippen LogP contribution in [0.1, 0.15) is 70.4 Å². The lowest BCUT2D eigenvalue weighted by Gasteiger charge is -2.43. The van der Waals surface area contributed by atoms with E-state index in [0.717, 1.165) is 5.56 Å². The highest BCUT2D eigenvalue weighted by atomic mass is 35.5. The quantitative estimate of drug-likeness (QED) is 0.376. The van der Waals surface area contributed by atoms with Crippen LogP contribution in [0.3, 0.4) is 0 Å². The van der Waals surface area contributed by atoms with Crippen LogP contribution in [0.5, 0.6) is 5.75 Å². The Labute approximate surface area is 232 Å². The van der Waals surface area contributed by atoms with Gasteiger partial charge in [-0.2, -0.15) is 0 Å².